The number of anilines is 1. The standard InChI is InChI=1S/C16H19N5O/c1-9(2)21-11-4-7-18-15(17)13(11)14(19-21)10-8-12(22-20-10)16(3)5-6-16/h4,7-9H,5-6H2,1-3H3,(H2,17,18). The molecule has 0 spiro atoms. The summed E-state index contributed by atoms with van der Waals surface area (Å²) in [6.45, 7) is 6.37. The van der Waals surface area contributed by atoms with Crippen molar-refractivity contribution in [2.75, 3.05) is 5.73 Å². The second-order valence-electron chi connectivity index (χ2n) is 6.61. The lowest BCUT2D eigenvalue weighted by Gasteiger charge is -2.06. The van der Waals surface area contributed by atoms with Crippen molar-refractivity contribution < 1.29 is 4.52 Å². The molecule has 0 amide bonds. The van der Waals surface area contributed by atoms with Gasteiger partial charge in [0, 0.05) is 23.7 Å². The summed E-state index contributed by atoms with van der Waals surface area (Å²) in [5.74, 6) is 1.40. The Hall–Kier alpha value is -2.37. The molecule has 1 saturated carbocycles. The summed E-state index contributed by atoms with van der Waals surface area (Å²) in [5.41, 5.74) is 8.68. The van der Waals surface area contributed by atoms with Crippen molar-refractivity contribution in [3.63, 3.8) is 0 Å². The Morgan fingerprint density at radius 3 is 2.82 bits per heavy atom. The van der Waals surface area contributed by atoms with Gasteiger partial charge in [-0.25, -0.2) is 4.98 Å². The fourth-order valence-corrected chi connectivity index (χ4v) is 2.79. The van der Waals surface area contributed by atoms with Crippen LogP contribution in [0.3, 0.4) is 0 Å². The Balaban J connectivity index is 1.93. The second-order valence-corrected chi connectivity index (χ2v) is 6.61. The molecule has 0 bridgehead atoms. The van der Waals surface area contributed by atoms with Crippen molar-refractivity contribution >= 4 is 16.7 Å². The second kappa shape index (κ2) is 4.32. The highest BCUT2D eigenvalue weighted by atomic mass is 16.5. The third-order valence-electron chi connectivity index (χ3n) is 4.49. The lowest BCUT2D eigenvalue weighted by molar-refractivity contribution is 0.361. The summed E-state index contributed by atoms with van der Waals surface area (Å²) in [7, 11) is 0. The maximum Gasteiger partial charge on any atom is 0.143 e. The predicted molar refractivity (Wildman–Crippen MR) is 84.4 cm³/mol. The Morgan fingerprint density at radius 2 is 2.14 bits per heavy atom. The topological polar surface area (TPSA) is 82.8 Å². The Kier molecular flexibility index (Phi) is 2.61. The van der Waals surface area contributed by atoms with E-state index in [2.05, 4.69) is 30.9 Å². The van der Waals surface area contributed by atoms with E-state index in [1.54, 1.807) is 6.20 Å². The van der Waals surface area contributed by atoms with E-state index in [1.807, 2.05) is 16.8 Å². The van der Waals surface area contributed by atoms with Gasteiger partial charge in [-0.05, 0) is 32.8 Å². The van der Waals surface area contributed by atoms with Gasteiger partial charge in [-0.1, -0.05) is 12.1 Å². The summed E-state index contributed by atoms with van der Waals surface area (Å²) < 4.78 is 7.50. The van der Waals surface area contributed by atoms with E-state index in [1.165, 1.54) is 0 Å². The quantitative estimate of drug-likeness (QED) is 0.802. The first kappa shape index (κ1) is 13.3. The van der Waals surface area contributed by atoms with Crippen molar-refractivity contribution in [2.24, 2.45) is 0 Å². The van der Waals surface area contributed by atoms with Crippen LogP contribution >= 0.6 is 0 Å². The molecule has 0 unspecified atom stereocenters. The van der Waals surface area contributed by atoms with Crippen LogP contribution in [0.2, 0.25) is 0 Å². The van der Waals surface area contributed by atoms with Gasteiger partial charge in [-0.15, -0.1) is 0 Å². The molecule has 4 rings (SSSR count). The van der Waals surface area contributed by atoms with Crippen molar-refractivity contribution in [1.82, 2.24) is 19.9 Å². The normalized spacial score (nSPS) is 16.5. The average Bonchev–Trinajstić information content (AvgIpc) is 2.93. The Labute approximate surface area is 128 Å². The Bertz CT molecular complexity index is 857. The van der Waals surface area contributed by atoms with Crippen molar-refractivity contribution in [2.45, 2.75) is 45.1 Å². The molecule has 3 heterocycles. The molecule has 6 heteroatoms. The van der Waals surface area contributed by atoms with Gasteiger partial charge < -0.3 is 10.3 Å². The SMILES string of the molecule is CC(C)n1nc(-c2cc(C3(C)CC3)on2)c2c(N)nccc21. The molecule has 1 aliphatic carbocycles. The van der Waals surface area contributed by atoms with Crippen LogP contribution in [0.15, 0.2) is 22.9 Å². The highest BCUT2D eigenvalue weighted by molar-refractivity contribution is 5.99. The molecule has 0 atom stereocenters. The van der Waals surface area contributed by atoms with Crippen LogP contribution < -0.4 is 5.73 Å². The molecular formula is C16H19N5O. The van der Waals surface area contributed by atoms with Crippen LogP contribution in [0.1, 0.15) is 45.4 Å². The molecule has 0 saturated heterocycles. The van der Waals surface area contributed by atoms with E-state index in [4.69, 9.17) is 15.4 Å². The minimum absolute atomic E-state index is 0.144. The van der Waals surface area contributed by atoms with Gasteiger partial charge in [0.2, 0.25) is 0 Å². The maximum atomic E-state index is 6.09. The molecule has 3 aromatic heterocycles. The molecule has 2 N–H and O–H groups in total. The van der Waals surface area contributed by atoms with E-state index >= 15 is 0 Å². The summed E-state index contributed by atoms with van der Waals surface area (Å²) in [4.78, 5) is 4.20. The maximum absolute atomic E-state index is 6.09. The first-order valence-electron chi connectivity index (χ1n) is 7.60. The van der Waals surface area contributed by atoms with Gasteiger partial charge in [0.1, 0.15) is 23.0 Å². The minimum atomic E-state index is 0.144. The lowest BCUT2D eigenvalue weighted by atomic mass is 10.1. The fraction of sp³-hybridized carbons (Fsp3) is 0.438. The number of rotatable bonds is 3. The van der Waals surface area contributed by atoms with Crippen LogP contribution in [0, 0.1) is 0 Å². The zero-order chi connectivity index (χ0) is 15.5. The number of hydrogen-bond donors (Lipinski definition) is 1. The highest BCUT2D eigenvalue weighted by Crippen LogP contribution is 2.48. The van der Waals surface area contributed by atoms with Crippen molar-refractivity contribution in [1.29, 1.82) is 0 Å². The molecule has 114 valence electrons. The molecule has 0 radical (unpaired) electrons. The van der Waals surface area contributed by atoms with Crippen LogP contribution in [0.5, 0.6) is 0 Å². The molecule has 0 aromatic carbocycles. The first-order valence-corrected chi connectivity index (χ1v) is 7.60. The predicted octanol–water partition coefficient (Wildman–Crippen LogP) is 3.30. The number of nitrogens with zero attached hydrogens (tertiary/aromatic N) is 4. The third-order valence-corrected chi connectivity index (χ3v) is 4.49. The first-order chi connectivity index (χ1) is 10.5. The zero-order valence-corrected chi connectivity index (χ0v) is 13.0. The van der Waals surface area contributed by atoms with Crippen LogP contribution in [-0.4, -0.2) is 19.9 Å². The van der Waals surface area contributed by atoms with E-state index in [0.29, 0.717) is 5.82 Å². The van der Waals surface area contributed by atoms with Crippen LogP contribution in [-0.2, 0) is 5.41 Å². The summed E-state index contributed by atoms with van der Waals surface area (Å²) in [6.07, 6.45) is 4.00. The van der Waals surface area contributed by atoms with E-state index < -0.39 is 0 Å². The fourth-order valence-electron chi connectivity index (χ4n) is 2.79. The molecule has 22 heavy (non-hydrogen) atoms. The summed E-state index contributed by atoms with van der Waals surface area (Å²) in [5, 5.41) is 9.78. The van der Waals surface area contributed by atoms with Gasteiger partial charge in [0.25, 0.3) is 0 Å². The molecule has 6 nitrogen and oxygen atoms in total. The monoisotopic (exact) mass is 297 g/mol. The van der Waals surface area contributed by atoms with Gasteiger partial charge in [-0.2, -0.15) is 5.10 Å². The van der Waals surface area contributed by atoms with Gasteiger partial charge in [0.15, 0.2) is 0 Å². The van der Waals surface area contributed by atoms with Crippen LogP contribution in [0.4, 0.5) is 5.82 Å². The largest absolute Gasteiger partial charge is 0.383 e. The molecule has 3 aromatic rings. The molecule has 1 fully saturated rings. The molecule has 0 aliphatic heterocycles. The number of hydrogen-bond acceptors (Lipinski definition) is 5. The van der Waals surface area contributed by atoms with E-state index in [-0.39, 0.29) is 11.5 Å². The molecule has 1 aliphatic rings. The van der Waals surface area contributed by atoms with Crippen molar-refractivity contribution in [3.8, 4) is 11.4 Å². The average molecular weight is 297 g/mol. The van der Waals surface area contributed by atoms with Gasteiger partial charge >= 0.3 is 0 Å². The summed E-state index contributed by atoms with van der Waals surface area (Å²) in [6, 6.07) is 4.16. The van der Waals surface area contributed by atoms with Gasteiger partial charge in [-0.3, -0.25) is 4.68 Å². The minimum Gasteiger partial charge on any atom is -0.383 e. The number of nitrogens with two attached hydrogens (primary N) is 1. The van der Waals surface area contributed by atoms with E-state index in [0.717, 1.165) is 40.9 Å². The third kappa shape index (κ3) is 1.83. The van der Waals surface area contributed by atoms with Crippen LogP contribution in [0.25, 0.3) is 22.3 Å². The smallest absolute Gasteiger partial charge is 0.143 e. The van der Waals surface area contributed by atoms with Crippen molar-refractivity contribution in [3.05, 3.63) is 24.1 Å². The lowest BCUT2D eigenvalue weighted by Crippen LogP contribution is -2.02. The summed E-state index contributed by atoms with van der Waals surface area (Å²) >= 11 is 0. The number of nitrogen functional groups attached to an aromatic ring is 1. The Morgan fingerprint density at radius 1 is 1.36 bits per heavy atom. The number of fused-ring (bicyclic) bond motifs is 1. The number of aromatic nitrogens is 4. The number of pyridine rings is 1. The van der Waals surface area contributed by atoms with E-state index in [9.17, 15) is 0 Å². The van der Waals surface area contributed by atoms with Gasteiger partial charge in [0.05, 0.1) is 10.9 Å². The molecular weight excluding hydrogens is 278 g/mol. The zero-order valence-electron chi connectivity index (χ0n) is 13.0. The highest BCUT2D eigenvalue weighted by Gasteiger charge is 2.43.